The van der Waals surface area contributed by atoms with E-state index >= 15 is 0 Å². The quantitative estimate of drug-likeness (QED) is 0.351. The second-order valence-corrected chi connectivity index (χ2v) is 8.59. The van der Waals surface area contributed by atoms with Gasteiger partial charge in [-0.05, 0) is 51.8 Å². The summed E-state index contributed by atoms with van der Waals surface area (Å²) in [5.41, 5.74) is 2.93. The van der Waals surface area contributed by atoms with Crippen LogP contribution in [-0.2, 0) is 9.63 Å². The molecule has 0 radical (unpaired) electrons. The van der Waals surface area contributed by atoms with Crippen LogP contribution in [0, 0.1) is 20.8 Å². The van der Waals surface area contributed by atoms with Crippen LogP contribution in [0.25, 0.3) is 0 Å². The molecule has 0 unspecified atom stereocenters. The number of aryl methyl sites for hydroxylation is 2. The molecule has 0 saturated carbocycles. The molecule has 164 valence electrons. The van der Waals surface area contributed by atoms with Crippen molar-refractivity contribution < 1.29 is 14.4 Å². The summed E-state index contributed by atoms with van der Waals surface area (Å²) in [5, 5.41) is 5.02. The lowest BCUT2D eigenvalue weighted by atomic mass is 10.1. The van der Waals surface area contributed by atoms with E-state index in [1.807, 2.05) is 33.8 Å². The van der Waals surface area contributed by atoms with E-state index in [1.165, 1.54) is 24.2 Å². The van der Waals surface area contributed by atoms with Gasteiger partial charge in [0.05, 0.1) is 17.9 Å². The van der Waals surface area contributed by atoms with E-state index in [0.29, 0.717) is 23.7 Å². The molecule has 2 rings (SSSR count). The van der Waals surface area contributed by atoms with E-state index in [4.69, 9.17) is 4.84 Å². The van der Waals surface area contributed by atoms with Gasteiger partial charge < -0.3 is 4.84 Å². The van der Waals surface area contributed by atoms with E-state index < -0.39 is 0 Å². The number of aromatic nitrogens is 1. The van der Waals surface area contributed by atoms with Crippen molar-refractivity contribution >= 4 is 34.0 Å². The van der Waals surface area contributed by atoms with Crippen LogP contribution in [0.5, 0.6) is 0 Å². The van der Waals surface area contributed by atoms with Gasteiger partial charge >= 0.3 is 5.97 Å². The lowest BCUT2D eigenvalue weighted by Gasteiger charge is -2.24. The van der Waals surface area contributed by atoms with Gasteiger partial charge in [0.15, 0.2) is 5.13 Å². The van der Waals surface area contributed by atoms with Crippen LogP contribution in [0.1, 0.15) is 78.9 Å². The average molecular weight is 432 g/mol. The second kappa shape index (κ2) is 11.7. The third-order valence-corrected chi connectivity index (χ3v) is 6.04. The largest absolute Gasteiger partial charge is 0.341 e. The summed E-state index contributed by atoms with van der Waals surface area (Å²) >= 11 is 1.46. The molecule has 0 aliphatic heterocycles. The number of carbonyl (C=O) groups is 2. The summed E-state index contributed by atoms with van der Waals surface area (Å²) in [6.45, 7) is 10.4. The maximum atomic E-state index is 12.8. The molecule has 0 aliphatic rings. The third kappa shape index (κ3) is 6.55. The summed E-state index contributed by atoms with van der Waals surface area (Å²) in [6.07, 6.45) is 5.81. The zero-order valence-electron chi connectivity index (χ0n) is 18.7. The number of nitrogens with one attached hydrogen (secondary N) is 1. The Bertz CT molecular complexity index is 844. The third-order valence-electron chi connectivity index (χ3n) is 5.05. The van der Waals surface area contributed by atoms with Gasteiger partial charge in [0.1, 0.15) is 0 Å². The standard InChI is InChI=1S/C23H33N3O3S/c1-6-8-9-10-11-15-21(27)29-26(7-2)20-14-12-13-19(16(20)3)22(28)25-23-24-17(4)18(5)30-23/h12-14H,6-11,15H2,1-5H3,(H,24,25,28). The molecule has 0 fully saturated rings. The molecule has 0 atom stereocenters. The summed E-state index contributed by atoms with van der Waals surface area (Å²) in [7, 11) is 0. The van der Waals surface area contributed by atoms with Gasteiger partial charge in [-0.3, -0.25) is 10.1 Å². The Hall–Kier alpha value is -2.41. The van der Waals surface area contributed by atoms with E-state index in [2.05, 4.69) is 17.2 Å². The molecule has 30 heavy (non-hydrogen) atoms. The zero-order chi connectivity index (χ0) is 22.1. The molecule has 6 nitrogen and oxygen atoms in total. The van der Waals surface area contributed by atoms with Crippen LogP contribution < -0.4 is 10.4 Å². The molecular weight excluding hydrogens is 398 g/mol. The molecule has 1 aromatic heterocycles. The van der Waals surface area contributed by atoms with Crippen LogP contribution in [0.15, 0.2) is 18.2 Å². The van der Waals surface area contributed by atoms with Crippen LogP contribution in [0.2, 0.25) is 0 Å². The number of thiazole rings is 1. The predicted molar refractivity (Wildman–Crippen MR) is 123 cm³/mol. The molecule has 0 saturated heterocycles. The monoisotopic (exact) mass is 431 g/mol. The minimum Gasteiger partial charge on any atom is -0.341 e. The number of amides is 1. The first-order chi connectivity index (χ1) is 14.4. The first-order valence-corrected chi connectivity index (χ1v) is 11.5. The second-order valence-electron chi connectivity index (χ2n) is 7.39. The molecular formula is C23H33N3O3S. The zero-order valence-corrected chi connectivity index (χ0v) is 19.5. The number of hydrogen-bond acceptors (Lipinski definition) is 6. The molecule has 1 aromatic carbocycles. The molecule has 1 heterocycles. The minimum atomic E-state index is -0.240. The van der Waals surface area contributed by atoms with Gasteiger partial charge in [-0.25, -0.2) is 14.8 Å². The average Bonchev–Trinajstić information content (AvgIpc) is 3.03. The molecule has 0 bridgehead atoms. The van der Waals surface area contributed by atoms with Crippen molar-refractivity contribution in [1.29, 1.82) is 0 Å². The SMILES string of the molecule is CCCCCCCC(=O)ON(CC)c1cccc(C(=O)Nc2nc(C)c(C)s2)c1C. The van der Waals surface area contributed by atoms with Crippen molar-refractivity contribution in [2.24, 2.45) is 0 Å². The van der Waals surface area contributed by atoms with Crippen molar-refractivity contribution in [3.05, 3.63) is 39.9 Å². The number of hydrogen-bond donors (Lipinski definition) is 1. The molecule has 1 N–H and O–H groups in total. The highest BCUT2D eigenvalue weighted by Gasteiger charge is 2.19. The van der Waals surface area contributed by atoms with Crippen LogP contribution >= 0.6 is 11.3 Å². The Kier molecular flexibility index (Phi) is 9.30. The summed E-state index contributed by atoms with van der Waals surface area (Å²) in [4.78, 5) is 36.1. The highest BCUT2D eigenvalue weighted by Crippen LogP contribution is 2.26. The minimum absolute atomic E-state index is 0.221. The number of rotatable bonds is 11. The summed E-state index contributed by atoms with van der Waals surface area (Å²) < 4.78 is 0. The van der Waals surface area contributed by atoms with Crippen molar-refractivity contribution in [3.8, 4) is 0 Å². The lowest BCUT2D eigenvalue weighted by Crippen LogP contribution is -2.28. The van der Waals surface area contributed by atoms with E-state index in [1.54, 1.807) is 17.2 Å². The summed E-state index contributed by atoms with van der Waals surface area (Å²) in [5.74, 6) is -0.460. The van der Waals surface area contributed by atoms with Gasteiger partial charge in [0.2, 0.25) is 0 Å². The van der Waals surface area contributed by atoms with Crippen LogP contribution in [-0.4, -0.2) is 23.4 Å². The number of anilines is 2. The topological polar surface area (TPSA) is 71.5 Å². The van der Waals surface area contributed by atoms with Crippen molar-refractivity contribution in [3.63, 3.8) is 0 Å². The van der Waals surface area contributed by atoms with Crippen LogP contribution in [0.3, 0.4) is 0 Å². The highest BCUT2D eigenvalue weighted by atomic mass is 32.1. The van der Waals surface area contributed by atoms with Crippen molar-refractivity contribution in [1.82, 2.24) is 4.98 Å². The smallest absolute Gasteiger partial charge is 0.332 e. The highest BCUT2D eigenvalue weighted by molar-refractivity contribution is 7.15. The van der Waals surface area contributed by atoms with Gasteiger partial charge in [0.25, 0.3) is 5.91 Å². The van der Waals surface area contributed by atoms with Crippen molar-refractivity contribution in [2.45, 2.75) is 73.1 Å². The van der Waals surface area contributed by atoms with Gasteiger partial charge in [0, 0.05) is 16.9 Å². The Morgan fingerprint density at radius 3 is 2.47 bits per heavy atom. The molecule has 0 spiro atoms. The number of benzene rings is 1. The molecule has 1 amide bonds. The predicted octanol–water partition coefficient (Wildman–Crippen LogP) is 5.97. The van der Waals surface area contributed by atoms with Gasteiger partial charge in [-0.2, -0.15) is 0 Å². The Balaban J connectivity index is 2.05. The Morgan fingerprint density at radius 2 is 1.83 bits per heavy atom. The van der Waals surface area contributed by atoms with E-state index in [9.17, 15) is 9.59 Å². The summed E-state index contributed by atoms with van der Waals surface area (Å²) in [6, 6.07) is 5.43. The van der Waals surface area contributed by atoms with E-state index in [-0.39, 0.29) is 11.9 Å². The number of nitrogens with zero attached hydrogens (tertiary/aromatic N) is 2. The number of carbonyl (C=O) groups excluding carboxylic acids is 2. The molecule has 7 heteroatoms. The van der Waals surface area contributed by atoms with Crippen molar-refractivity contribution in [2.75, 3.05) is 16.9 Å². The Morgan fingerprint density at radius 1 is 1.10 bits per heavy atom. The molecule has 2 aromatic rings. The normalized spacial score (nSPS) is 10.7. The van der Waals surface area contributed by atoms with E-state index in [0.717, 1.165) is 41.1 Å². The maximum Gasteiger partial charge on any atom is 0.332 e. The van der Waals surface area contributed by atoms with Gasteiger partial charge in [-0.15, -0.1) is 11.3 Å². The fourth-order valence-corrected chi connectivity index (χ4v) is 3.97. The first-order valence-electron chi connectivity index (χ1n) is 10.7. The molecule has 0 aliphatic carbocycles. The fraction of sp³-hybridized carbons (Fsp3) is 0.522. The van der Waals surface area contributed by atoms with Gasteiger partial charge in [-0.1, -0.05) is 38.7 Å². The number of unbranched alkanes of at least 4 members (excludes halogenated alkanes) is 4. The maximum absolute atomic E-state index is 12.8. The first kappa shape index (κ1) is 23.9. The fourth-order valence-electron chi connectivity index (χ4n) is 3.16. The number of hydroxylamine groups is 1. The lowest BCUT2D eigenvalue weighted by molar-refractivity contribution is -0.145. The Labute approximate surface area is 183 Å². The van der Waals surface area contributed by atoms with Crippen LogP contribution in [0.4, 0.5) is 10.8 Å².